The van der Waals surface area contributed by atoms with E-state index in [2.05, 4.69) is 0 Å². The van der Waals surface area contributed by atoms with Crippen molar-refractivity contribution in [3.63, 3.8) is 0 Å². The number of rotatable bonds is 2. The maximum Gasteiger partial charge on any atom is 0.185 e. The fourth-order valence-electron chi connectivity index (χ4n) is 1.30. The van der Waals surface area contributed by atoms with Gasteiger partial charge in [0.25, 0.3) is 0 Å². The molecule has 1 aliphatic rings. The van der Waals surface area contributed by atoms with E-state index in [9.17, 15) is 20.1 Å². The van der Waals surface area contributed by atoms with E-state index in [1.807, 2.05) is 0 Å². The molecule has 0 aromatic heterocycles. The van der Waals surface area contributed by atoms with Crippen LogP contribution in [0.2, 0.25) is 0 Å². The molecule has 0 aliphatic carbocycles. The zero-order chi connectivity index (χ0) is 10.2. The molecule has 0 aromatic rings. The number of ketones is 1. The standard InChI is InChI=1S/C7H12O5S/c1-3(9)7(12)5(10)4(2-8)13-6(7)11/h4-6,8,10-12H,2H2,1H3/t4-,5-,6-,7+/m0/s1. The van der Waals surface area contributed by atoms with E-state index < -0.39 is 34.8 Å². The maximum atomic E-state index is 11.0. The summed E-state index contributed by atoms with van der Waals surface area (Å²) in [5.41, 5.74) is -3.52. The van der Waals surface area contributed by atoms with Crippen LogP contribution >= 0.6 is 11.8 Å². The summed E-state index contributed by atoms with van der Waals surface area (Å²) in [6.45, 7) is 0.700. The van der Waals surface area contributed by atoms with Crippen LogP contribution in [0, 0.1) is 0 Å². The molecule has 0 aromatic carbocycles. The van der Waals surface area contributed by atoms with Crippen molar-refractivity contribution in [3.8, 4) is 0 Å². The third-order valence-electron chi connectivity index (χ3n) is 2.23. The lowest BCUT2D eigenvalue weighted by atomic mass is 9.91. The van der Waals surface area contributed by atoms with Crippen molar-refractivity contribution in [1.29, 1.82) is 0 Å². The molecule has 6 heteroatoms. The molecule has 1 aliphatic heterocycles. The highest BCUT2D eigenvalue weighted by atomic mass is 32.2. The number of aliphatic hydroxyl groups excluding tert-OH is 3. The van der Waals surface area contributed by atoms with Gasteiger partial charge >= 0.3 is 0 Å². The summed E-state index contributed by atoms with van der Waals surface area (Å²) in [7, 11) is 0. The van der Waals surface area contributed by atoms with Crippen molar-refractivity contribution >= 4 is 17.5 Å². The average Bonchev–Trinajstić information content (AvgIpc) is 2.30. The van der Waals surface area contributed by atoms with E-state index in [1.165, 1.54) is 0 Å². The Bertz CT molecular complexity index is 221. The Morgan fingerprint density at radius 2 is 2.08 bits per heavy atom. The first kappa shape index (κ1) is 10.9. The van der Waals surface area contributed by atoms with Gasteiger partial charge in [-0.05, 0) is 6.92 Å². The van der Waals surface area contributed by atoms with Crippen molar-refractivity contribution in [2.45, 2.75) is 29.3 Å². The van der Waals surface area contributed by atoms with E-state index in [0.717, 1.165) is 18.7 Å². The van der Waals surface area contributed by atoms with Gasteiger partial charge in [0.05, 0.1) is 11.9 Å². The quantitative estimate of drug-likeness (QED) is 0.423. The molecule has 0 bridgehead atoms. The van der Waals surface area contributed by atoms with Crippen LogP contribution in [0.5, 0.6) is 0 Å². The van der Waals surface area contributed by atoms with Crippen LogP contribution in [0.15, 0.2) is 0 Å². The normalized spacial score (nSPS) is 45.2. The lowest BCUT2D eigenvalue weighted by Crippen LogP contribution is -2.53. The van der Waals surface area contributed by atoms with Gasteiger partial charge in [-0.25, -0.2) is 0 Å². The molecule has 0 unspecified atom stereocenters. The van der Waals surface area contributed by atoms with Gasteiger partial charge in [0, 0.05) is 0 Å². The van der Waals surface area contributed by atoms with Gasteiger partial charge in [0.1, 0.15) is 11.5 Å². The number of hydrogen-bond acceptors (Lipinski definition) is 6. The molecule has 0 amide bonds. The molecule has 0 spiro atoms. The minimum Gasteiger partial charge on any atom is -0.395 e. The van der Waals surface area contributed by atoms with Crippen LogP contribution in [-0.2, 0) is 4.79 Å². The largest absolute Gasteiger partial charge is 0.395 e. The topological polar surface area (TPSA) is 98.0 Å². The smallest absolute Gasteiger partial charge is 0.185 e. The molecular weight excluding hydrogens is 196 g/mol. The summed E-state index contributed by atoms with van der Waals surface area (Å²) in [6, 6.07) is 0. The number of aliphatic hydroxyl groups is 4. The SMILES string of the molecule is CC(=O)[C@]1(O)[C@@H](O)S[C@@H](CO)[C@@H]1O. The monoisotopic (exact) mass is 208 g/mol. The number of carbonyl (C=O) groups excluding carboxylic acids is 1. The molecule has 13 heavy (non-hydrogen) atoms. The third kappa shape index (κ3) is 1.49. The van der Waals surface area contributed by atoms with E-state index in [-0.39, 0.29) is 0 Å². The summed E-state index contributed by atoms with van der Waals surface area (Å²) < 4.78 is 0. The molecule has 4 N–H and O–H groups in total. The highest BCUT2D eigenvalue weighted by Gasteiger charge is 2.57. The summed E-state index contributed by atoms with van der Waals surface area (Å²) in [4.78, 5) is 11.0. The molecule has 0 radical (unpaired) electrons. The van der Waals surface area contributed by atoms with E-state index in [1.54, 1.807) is 0 Å². The first-order chi connectivity index (χ1) is 5.94. The Hall–Kier alpha value is -0.140. The number of thioether (sulfide) groups is 1. The van der Waals surface area contributed by atoms with Crippen LogP contribution in [-0.4, -0.2) is 55.2 Å². The Labute approximate surface area is 79.4 Å². The number of carbonyl (C=O) groups is 1. The second-order valence-electron chi connectivity index (χ2n) is 3.04. The molecule has 1 saturated heterocycles. The fourth-order valence-corrected chi connectivity index (χ4v) is 2.58. The van der Waals surface area contributed by atoms with Gasteiger partial charge in [0.2, 0.25) is 0 Å². The molecule has 76 valence electrons. The van der Waals surface area contributed by atoms with Crippen molar-refractivity contribution in [2.24, 2.45) is 0 Å². The predicted octanol–water partition coefficient (Wildman–Crippen LogP) is -1.91. The van der Waals surface area contributed by atoms with Crippen LogP contribution in [0.1, 0.15) is 6.92 Å². The van der Waals surface area contributed by atoms with Gasteiger partial charge in [-0.1, -0.05) is 0 Å². The molecular formula is C7H12O5S. The highest BCUT2D eigenvalue weighted by molar-refractivity contribution is 8.00. The predicted molar refractivity (Wildman–Crippen MR) is 46.1 cm³/mol. The Morgan fingerprint density at radius 3 is 2.31 bits per heavy atom. The van der Waals surface area contributed by atoms with Gasteiger partial charge in [-0.2, -0.15) is 0 Å². The minimum atomic E-state index is -2.14. The molecule has 0 saturated carbocycles. The third-order valence-corrected chi connectivity index (χ3v) is 3.60. The van der Waals surface area contributed by atoms with Crippen LogP contribution in [0.4, 0.5) is 0 Å². The molecule has 1 rings (SSSR count). The molecule has 4 atom stereocenters. The van der Waals surface area contributed by atoms with E-state index in [0.29, 0.717) is 0 Å². The first-order valence-electron chi connectivity index (χ1n) is 3.80. The van der Waals surface area contributed by atoms with Crippen molar-refractivity contribution in [3.05, 3.63) is 0 Å². The maximum absolute atomic E-state index is 11.0. The second kappa shape index (κ2) is 3.55. The summed E-state index contributed by atoms with van der Waals surface area (Å²) in [5.74, 6) is -0.698. The Balaban J connectivity index is 2.92. The lowest BCUT2D eigenvalue weighted by molar-refractivity contribution is -0.156. The fraction of sp³-hybridized carbons (Fsp3) is 0.857. The highest BCUT2D eigenvalue weighted by Crippen LogP contribution is 2.40. The summed E-state index contributed by atoms with van der Waals surface area (Å²) in [5, 5.41) is 36.4. The van der Waals surface area contributed by atoms with Gasteiger partial charge in [-0.3, -0.25) is 4.79 Å². The minimum absolute atomic E-state index is 0.390. The van der Waals surface area contributed by atoms with Gasteiger partial charge < -0.3 is 20.4 Å². The van der Waals surface area contributed by atoms with E-state index >= 15 is 0 Å². The van der Waals surface area contributed by atoms with Crippen LogP contribution in [0.25, 0.3) is 0 Å². The van der Waals surface area contributed by atoms with Crippen LogP contribution in [0.3, 0.4) is 0 Å². The first-order valence-corrected chi connectivity index (χ1v) is 4.74. The second-order valence-corrected chi connectivity index (χ2v) is 4.36. The van der Waals surface area contributed by atoms with E-state index in [4.69, 9.17) is 5.11 Å². The Morgan fingerprint density at radius 1 is 1.54 bits per heavy atom. The van der Waals surface area contributed by atoms with Crippen LogP contribution < -0.4 is 0 Å². The lowest BCUT2D eigenvalue weighted by Gasteiger charge is -2.26. The number of Topliss-reactive ketones (excluding diaryl/α,β-unsaturated/α-hetero) is 1. The molecule has 5 nitrogen and oxygen atoms in total. The van der Waals surface area contributed by atoms with Crippen molar-refractivity contribution < 1.29 is 25.2 Å². The Kier molecular flexibility index (Phi) is 2.98. The summed E-state index contributed by atoms with van der Waals surface area (Å²) in [6.07, 6.45) is -1.42. The zero-order valence-corrected chi connectivity index (χ0v) is 7.86. The average molecular weight is 208 g/mol. The molecule has 1 fully saturated rings. The van der Waals surface area contributed by atoms with Crippen molar-refractivity contribution in [2.75, 3.05) is 6.61 Å². The molecule has 1 heterocycles. The van der Waals surface area contributed by atoms with Gasteiger partial charge in [-0.15, -0.1) is 11.8 Å². The summed E-state index contributed by atoms with van der Waals surface area (Å²) >= 11 is 0.794. The zero-order valence-electron chi connectivity index (χ0n) is 7.04. The van der Waals surface area contributed by atoms with Crippen molar-refractivity contribution in [1.82, 2.24) is 0 Å². The number of hydrogen-bond donors (Lipinski definition) is 4. The van der Waals surface area contributed by atoms with Gasteiger partial charge in [0.15, 0.2) is 11.4 Å².